The van der Waals surface area contributed by atoms with Gasteiger partial charge in [-0.3, -0.25) is 0 Å². The molecule has 0 aromatic heterocycles. The van der Waals surface area contributed by atoms with Gasteiger partial charge in [-0.2, -0.15) is 0 Å². The number of benzene rings is 1. The van der Waals surface area contributed by atoms with Crippen molar-refractivity contribution in [1.82, 2.24) is 10.2 Å². The van der Waals surface area contributed by atoms with Crippen LogP contribution in [0.15, 0.2) is 24.3 Å². The molecule has 0 saturated carbocycles. The van der Waals surface area contributed by atoms with E-state index in [1.165, 1.54) is 4.90 Å². The van der Waals surface area contributed by atoms with E-state index >= 15 is 0 Å². The molecule has 1 heterocycles. The summed E-state index contributed by atoms with van der Waals surface area (Å²) < 4.78 is 0. The van der Waals surface area contributed by atoms with E-state index in [0.29, 0.717) is 32.5 Å². The molecule has 2 amide bonds. The van der Waals surface area contributed by atoms with E-state index in [1.807, 2.05) is 24.3 Å². The second-order valence-electron chi connectivity index (χ2n) is 4.83. The maximum Gasteiger partial charge on any atom is 0.326 e. The predicted molar refractivity (Wildman–Crippen MR) is 74.2 cm³/mol. The van der Waals surface area contributed by atoms with Gasteiger partial charge in [-0.05, 0) is 24.1 Å². The third-order valence-corrected chi connectivity index (χ3v) is 3.45. The number of nitrogens with two attached hydrogens (primary N) is 1. The number of nitrogens with one attached hydrogen (secondary N) is 1. The van der Waals surface area contributed by atoms with Gasteiger partial charge >= 0.3 is 12.0 Å². The van der Waals surface area contributed by atoms with E-state index in [9.17, 15) is 14.7 Å². The second kappa shape index (κ2) is 6.38. The van der Waals surface area contributed by atoms with Gasteiger partial charge in [-0.25, -0.2) is 9.59 Å². The first-order chi connectivity index (χ1) is 9.63. The van der Waals surface area contributed by atoms with E-state index in [2.05, 4.69) is 5.32 Å². The highest BCUT2D eigenvalue weighted by atomic mass is 16.4. The number of urea groups is 1. The average molecular weight is 277 g/mol. The Bertz CT molecular complexity index is 504. The molecule has 0 radical (unpaired) electrons. The Hall–Kier alpha value is -2.08. The van der Waals surface area contributed by atoms with Crippen molar-refractivity contribution in [3.05, 3.63) is 35.4 Å². The number of carboxylic acids is 1. The fourth-order valence-electron chi connectivity index (χ4n) is 2.36. The number of aliphatic carboxylic acids is 1. The van der Waals surface area contributed by atoms with Crippen LogP contribution in [0.1, 0.15) is 17.5 Å². The lowest BCUT2D eigenvalue weighted by Crippen LogP contribution is -2.52. The lowest BCUT2D eigenvalue weighted by Gasteiger charge is -2.34. The summed E-state index contributed by atoms with van der Waals surface area (Å²) in [7, 11) is 0. The standard InChI is InChI=1S/C14H19N3O3/c15-6-3-7-16-14(20)17-9-11-5-2-1-4-10(11)8-12(17)13(18)19/h1-2,4-5,12H,3,6-9,15H2,(H,16,20)(H,18,19)/t12-/m1/s1. The molecule has 1 atom stereocenters. The molecule has 0 aliphatic carbocycles. The molecule has 0 bridgehead atoms. The molecule has 0 saturated heterocycles. The van der Waals surface area contributed by atoms with Crippen molar-refractivity contribution in [2.75, 3.05) is 13.1 Å². The van der Waals surface area contributed by atoms with Crippen LogP contribution in [-0.4, -0.2) is 41.1 Å². The summed E-state index contributed by atoms with van der Waals surface area (Å²) >= 11 is 0. The molecule has 0 unspecified atom stereocenters. The fraction of sp³-hybridized carbons (Fsp3) is 0.429. The third-order valence-electron chi connectivity index (χ3n) is 3.45. The Morgan fingerprint density at radius 2 is 2.05 bits per heavy atom. The van der Waals surface area contributed by atoms with Crippen LogP contribution in [0.2, 0.25) is 0 Å². The molecule has 2 rings (SSSR count). The number of fused-ring (bicyclic) bond motifs is 1. The van der Waals surface area contributed by atoms with Gasteiger partial charge in [-0.15, -0.1) is 0 Å². The minimum atomic E-state index is -0.978. The van der Waals surface area contributed by atoms with Gasteiger partial charge in [0.15, 0.2) is 0 Å². The molecule has 4 N–H and O–H groups in total. The van der Waals surface area contributed by atoms with Gasteiger partial charge in [0, 0.05) is 19.5 Å². The largest absolute Gasteiger partial charge is 0.480 e. The van der Waals surface area contributed by atoms with E-state index in [0.717, 1.165) is 11.1 Å². The molecule has 1 aliphatic rings. The summed E-state index contributed by atoms with van der Waals surface area (Å²) in [6, 6.07) is 6.45. The van der Waals surface area contributed by atoms with Crippen molar-refractivity contribution in [2.24, 2.45) is 5.73 Å². The number of nitrogens with zero attached hydrogens (tertiary/aromatic N) is 1. The van der Waals surface area contributed by atoms with Crippen molar-refractivity contribution in [1.29, 1.82) is 0 Å². The van der Waals surface area contributed by atoms with E-state index in [4.69, 9.17) is 5.73 Å². The van der Waals surface area contributed by atoms with Crippen molar-refractivity contribution < 1.29 is 14.7 Å². The van der Waals surface area contributed by atoms with Crippen molar-refractivity contribution in [3.8, 4) is 0 Å². The summed E-state index contributed by atoms with van der Waals surface area (Å²) in [4.78, 5) is 24.9. The number of hydrogen-bond donors (Lipinski definition) is 3. The molecule has 108 valence electrons. The minimum Gasteiger partial charge on any atom is -0.480 e. The van der Waals surface area contributed by atoms with Crippen LogP contribution in [0.3, 0.4) is 0 Å². The maximum absolute atomic E-state index is 12.1. The third kappa shape index (κ3) is 3.08. The quantitative estimate of drug-likeness (QED) is 0.701. The first kappa shape index (κ1) is 14.3. The summed E-state index contributed by atoms with van der Waals surface area (Å²) in [5, 5.41) is 12.0. The van der Waals surface area contributed by atoms with Crippen molar-refractivity contribution in [2.45, 2.75) is 25.4 Å². The van der Waals surface area contributed by atoms with Gasteiger partial charge in [0.05, 0.1) is 0 Å². The molecule has 6 heteroatoms. The number of carboxylic acid groups (broad SMARTS) is 1. The predicted octanol–water partition coefficient (Wildman–Crippen LogP) is 0.556. The monoisotopic (exact) mass is 277 g/mol. The first-order valence-corrected chi connectivity index (χ1v) is 6.67. The maximum atomic E-state index is 12.1. The summed E-state index contributed by atoms with van der Waals surface area (Å²) in [6.07, 6.45) is 1.02. The lowest BCUT2D eigenvalue weighted by atomic mass is 9.94. The molecule has 0 fully saturated rings. The Morgan fingerprint density at radius 3 is 2.70 bits per heavy atom. The molecule has 1 aromatic carbocycles. The van der Waals surface area contributed by atoms with Crippen LogP contribution in [0.25, 0.3) is 0 Å². The fourth-order valence-corrected chi connectivity index (χ4v) is 2.36. The molecule has 6 nitrogen and oxygen atoms in total. The van der Waals surface area contributed by atoms with Crippen LogP contribution in [-0.2, 0) is 17.8 Å². The number of carbonyl (C=O) groups is 2. The van der Waals surface area contributed by atoms with Gasteiger partial charge in [0.1, 0.15) is 6.04 Å². The Balaban J connectivity index is 2.13. The topological polar surface area (TPSA) is 95.7 Å². The molecule has 20 heavy (non-hydrogen) atoms. The van der Waals surface area contributed by atoms with Crippen LogP contribution in [0.4, 0.5) is 4.79 Å². The number of amides is 2. The normalized spacial score (nSPS) is 17.4. The smallest absolute Gasteiger partial charge is 0.326 e. The molecule has 0 spiro atoms. The average Bonchev–Trinajstić information content (AvgIpc) is 2.46. The summed E-state index contributed by atoms with van der Waals surface area (Å²) in [6.45, 7) is 1.27. The van der Waals surface area contributed by atoms with Crippen LogP contribution in [0, 0.1) is 0 Å². The first-order valence-electron chi connectivity index (χ1n) is 6.67. The zero-order valence-corrected chi connectivity index (χ0v) is 11.2. The highest BCUT2D eigenvalue weighted by molar-refractivity contribution is 5.83. The Labute approximate surface area is 117 Å². The SMILES string of the molecule is NCCCNC(=O)N1Cc2ccccc2C[C@@H]1C(=O)O. The zero-order valence-electron chi connectivity index (χ0n) is 11.2. The molecular weight excluding hydrogens is 258 g/mol. The Kier molecular flexibility index (Phi) is 4.57. The Morgan fingerprint density at radius 1 is 1.35 bits per heavy atom. The summed E-state index contributed by atoms with van der Waals surface area (Å²) in [5.74, 6) is -0.978. The van der Waals surface area contributed by atoms with E-state index < -0.39 is 12.0 Å². The van der Waals surface area contributed by atoms with Crippen molar-refractivity contribution in [3.63, 3.8) is 0 Å². The zero-order chi connectivity index (χ0) is 14.5. The molecular formula is C14H19N3O3. The van der Waals surface area contributed by atoms with Crippen LogP contribution < -0.4 is 11.1 Å². The second-order valence-corrected chi connectivity index (χ2v) is 4.83. The molecule has 1 aromatic rings. The van der Waals surface area contributed by atoms with E-state index in [1.54, 1.807) is 0 Å². The lowest BCUT2D eigenvalue weighted by molar-refractivity contribution is -0.142. The summed E-state index contributed by atoms with van der Waals surface area (Å²) in [5.41, 5.74) is 7.36. The van der Waals surface area contributed by atoms with Crippen LogP contribution in [0.5, 0.6) is 0 Å². The van der Waals surface area contributed by atoms with Gasteiger partial charge in [0.2, 0.25) is 0 Å². The van der Waals surface area contributed by atoms with Crippen molar-refractivity contribution >= 4 is 12.0 Å². The van der Waals surface area contributed by atoms with Gasteiger partial charge < -0.3 is 21.1 Å². The highest BCUT2D eigenvalue weighted by Gasteiger charge is 2.34. The minimum absolute atomic E-state index is 0.321. The van der Waals surface area contributed by atoms with Crippen LogP contribution >= 0.6 is 0 Å². The number of rotatable bonds is 4. The molecule has 1 aliphatic heterocycles. The highest BCUT2D eigenvalue weighted by Crippen LogP contribution is 2.23. The van der Waals surface area contributed by atoms with Gasteiger partial charge in [0.25, 0.3) is 0 Å². The van der Waals surface area contributed by atoms with Gasteiger partial charge in [-0.1, -0.05) is 24.3 Å². The number of carbonyl (C=O) groups excluding carboxylic acids is 1. The number of hydrogen-bond acceptors (Lipinski definition) is 3. The van der Waals surface area contributed by atoms with E-state index in [-0.39, 0.29) is 6.03 Å².